The predicted octanol–water partition coefficient (Wildman–Crippen LogP) is 4.00. The number of fused-ring (bicyclic) bond motifs is 1. The molecule has 2 atom stereocenters. The largest absolute Gasteiger partial charge is 0.457 e. The van der Waals surface area contributed by atoms with Crippen molar-refractivity contribution in [3.63, 3.8) is 0 Å². The zero-order valence-electron chi connectivity index (χ0n) is 26.6. The molecule has 0 spiro atoms. The van der Waals surface area contributed by atoms with Gasteiger partial charge in [0.05, 0.1) is 0 Å². The van der Waals surface area contributed by atoms with Gasteiger partial charge in [0.15, 0.2) is 16.9 Å². The molecular weight excluding hydrogens is 694 g/mol. The highest BCUT2D eigenvalue weighted by Gasteiger charge is 2.55. The number of nitrogens with zero attached hydrogens (tertiary/aromatic N) is 3. The number of carbonyl (C=O) groups excluding carboxylic acids is 5. The molecule has 3 amide bonds. The second-order valence-corrected chi connectivity index (χ2v) is 13.9. The van der Waals surface area contributed by atoms with Crippen molar-refractivity contribution >= 4 is 75.7 Å². The highest BCUT2D eigenvalue weighted by Crippen LogP contribution is 2.42. The minimum absolute atomic E-state index is 0.0148. The quantitative estimate of drug-likeness (QED) is 0.0657. The van der Waals surface area contributed by atoms with E-state index >= 15 is 0 Å². The van der Waals surface area contributed by atoms with Crippen molar-refractivity contribution in [1.82, 2.24) is 15.2 Å². The SMILES string of the molecule is CC(C)(C)OC(=O)CON=C(C(=O)NC1C(=O)N2C(C(=O)OC(c3ccccc3)c3ccccc3)=C(CCl)CS[C@@H]12)c1csc(NC=O)n1. The predicted molar refractivity (Wildman–Crippen MR) is 184 cm³/mol. The molecular formula is C33H32ClN5O8S2. The number of hydrogen-bond donors (Lipinski definition) is 2. The maximum Gasteiger partial charge on any atom is 0.356 e. The zero-order chi connectivity index (χ0) is 35.1. The van der Waals surface area contributed by atoms with Crippen molar-refractivity contribution < 1.29 is 38.3 Å². The van der Waals surface area contributed by atoms with E-state index in [0.29, 0.717) is 17.7 Å². The molecule has 2 aromatic carbocycles. The topological polar surface area (TPSA) is 166 Å². The Hall–Kier alpha value is -4.73. The normalized spacial score (nSPS) is 17.5. The number of anilines is 1. The van der Waals surface area contributed by atoms with Crippen LogP contribution in [0.5, 0.6) is 0 Å². The number of alkyl halides is 1. The molecule has 0 bridgehead atoms. The molecule has 256 valence electrons. The Kier molecular flexibility index (Phi) is 11.4. The van der Waals surface area contributed by atoms with Crippen LogP contribution in [0.2, 0.25) is 0 Å². The minimum Gasteiger partial charge on any atom is -0.457 e. The maximum atomic E-state index is 13.9. The van der Waals surface area contributed by atoms with Crippen LogP contribution in [0.25, 0.3) is 0 Å². The summed E-state index contributed by atoms with van der Waals surface area (Å²) in [4.78, 5) is 74.7. The smallest absolute Gasteiger partial charge is 0.356 e. The van der Waals surface area contributed by atoms with Gasteiger partial charge in [-0.05, 0) is 37.5 Å². The molecule has 13 nitrogen and oxygen atoms in total. The lowest BCUT2D eigenvalue weighted by atomic mass is 10.0. The van der Waals surface area contributed by atoms with E-state index in [4.69, 9.17) is 25.9 Å². The number of nitrogens with one attached hydrogen (secondary N) is 2. The standard InChI is InChI=1S/C33H32ClN5O8S2/c1-33(2,3)47-23(41)15-45-38-24(22-17-49-32(36-22)35-18-40)28(42)37-25-29(43)39-26(21(14-34)16-48-30(25)39)31(44)46-27(19-10-6-4-7-11-19)20-12-8-5-9-13-20/h4-13,17-18,25,27,30H,14-16H2,1-3H3,(H,37,42)(H,35,36,40)/t25?,30-/m0/s1. The number of β-lactam (4-membered cyclic amide) rings is 1. The van der Waals surface area contributed by atoms with Gasteiger partial charge in [0.2, 0.25) is 13.0 Å². The van der Waals surface area contributed by atoms with Gasteiger partial charge in [-0.15, -0.1) is 34.7 Å². The summed E-state index contributed by atoms with van der Waals surface area (Å²) >= 11 is 8.60. The molecule has 49 heavy (non-hydrogen) atoms. The van der Waals surface area contributed by atoms with Crippen LogP contribution in [0, 0.1) is 0 Å². The summed E-state index contributed by atoms with van der Waals surface area (Å²) in [5.74, 6) is -2.56. The highest BCUT2D eigenvalue weighted by atomic mass is 35.5. The van der Waals surface area contributed by atoms with Gasteiger partial charge in [-0.25, -0.2) is 14.6 Å². The lowest BCUT2D eigenvalue weighted by molar-refractivity contribution is -0.160. The van der Waals surface area contributed by atoms with Gasteiger partial charge in [0.25, 0.3) is 11.8 Å². The van der Waals surface area contributed by atoms with Crippen LogP contribution in [-0.4, -0.2) is 81.0 Å². The summed E-state index contributed by atoms with van der Waals surface area (Å²) in [7, 11) is 0. The third kappa shape index (κ3) is 8.47. The fourth-order valence-electron chi connectivity index (χ4n) is 4.96. The summed E-state index contributed by atoms with van der Waals surface area (Å²) in [5.41, 5.74) is 0.937. The third-order valence-corrected chi connectivity index (χ3v) is 9.46. The molecule has 0 aliphatic carbocycles. The Morgan fingerprint density at radius 2 is 1.76 bits per heavy atom. The summed E-state index contributed by atoms with van der Waals surface area (Å²) in [6.07, 6.45) is -0.330. The van der Waals surface area contributed by atoms with Crippen molar-refractivity contribution in [2.45, 2.75) is 43.9 Å². The van der Waals surface area contributed by atoms with Crippen molar-refractivity contribution in [3.8, 4) is 0 Å². The first-order valence-corrected chi connectivity index (χ1v) is 17.4. The molecule has 3 aromatic rings. The number of thiazole rings is 1. The Balaban J connectivity index is 1.34. The van der Waals surface area contributed by atoms with Gasteiger partial charge in [0.1, 0.15) is 28.4 Å². The molecule has 16 heteroatoms. The second-order valence-electron chi connectivity index (χ2n) is 11.7. The summed E-state index contributed by atoms with van der Waals surface area (Å²) in [6.45, 7) is 4.46. The molecule has 2 aliphatic rings. The van der Waals surface area contributed by atoms with Gasteiger partial charge in [0, 0.05) is 17.0 Å². The van der Waals surface area contributed by atoms with Crippen LogP contribution in [-0.2, 0) is 38.3 Å². The number of carbonyl (C=O) groups is 5. The Morgan fingerprint density at radius 1 is 1.10 bits per heavy atom. The van der Waals surface area contributed by atoms with Crippen molar-refractivity contribution in [2.75, 3.05) is 23.6 Å². The van der Waals surface area contributed by atoms with Crippen LogP contribution in [0.4, 0.5) is 5.13 Å². The van der Waals surface area contributed by atoms with Gasteiger partial charge < -0.3 is 24.9 Å². The van der Waals surface area contributed by atoms with Gasteiger partial charge in [-0.3, -0.25) is 19.3 Å². The fraction of sp³-hybridized carbons (Fsp3) is 0.303. The summed E-state index contributed by atoms with van der Waals surface area (Å²) in [6, 6.07) is 17.4. The molecule has 3 heterocycles. The Labute approximate surface area is 295 Å². The first-order valence-electron chi connectivity index (χ1n) is 14.9. The first kappa shape index (κ1) is 35.6. The molecule has 1 saturated heterocycles. The van der Waals surface area contributed by atoms with E-state index in [-0.39, 0.29) is 28.1 Å². The summed E-state index contributed by atoms with van der Waals surface area (Å²) in [5, 5.41) is 9.85. The second kappa shape index (κ2) is 15.7. The first-order chi connectivity index (χ1) is 23.5. The lowest BCUT2D eigenvalue weighted by Crippen LogP contribution is -2.71. The number of ether oxygens (including phenoxy) is 2. The molecule has 5 rings (SSSR count). The van der Waals surface area contributed by atoms with Crippen LogP contribution >= 0.6 is 34.7 Å². The van der Waals surface area contributed by atoms with E-state index in [2.05, 4.69) is 20.8 Å². The van der Waals surface area contributed by atoms with E-state index in [9.17, 15) is 24.0 Å². The van der Waals surface area contributed by atoms with Crippen molar-refractivity contribution in [2.24, 2.45) is 5.16 Å². The number of benzene rings is 2. The number of aromatic nitrogens is 1. The third-order valence-electron chi connectivity index (χ3n) is 7.02. The number of halogens is 1. The molecule has 0 saturated carbocycles. The number of thioether (sulfide) groups is 1. The van der Waals surface area contributed by atoms with Crippen molar-refractivity contribution in [1.29, 1.82) is 0 Å². The Morgan fingerprint density at radius 3 is 2.35 bits per heavy atom. The van der Waals surface area contributed by atoms with Crippen molar-refractivity contribution in [3.05, 3.63) is 94.1 Å². The van der Waals surface area contributed by atoms with E-state index in [1.54, 1.807) is 20.8 Å². The number of hydrogen-bond acceptors (Lipinski definition) is 12. The average molecular weight is 726 g/mol. The highest BCUT2D eigenvalue weighted by molar-refractivity contribution is 8.00. The number of esters is 2. The van der Waals surface area contributed by atoms with Crippen LogP contribution in [0.3, 0.4) is 0 Å². The lowest BCUT2D eigenvalue weighted by Gasteiger charge is -2.49. The van der Waals surface area contributed by atoms with Gasteiger partial charge >= 0.3 is 11.9 Å². The van der Waals surface area contributed by atoms with Crippen LogP contribution < -0.4 is 10.6 Å². The maximum absolute atomic E-state index is 13.9. The van der Waals surface area contributed by atoms with E-state index in [1.165, 1.54) is 22.0 Å². The molecule has 0 radical (unpaired) electrons. The molecule has 1 unspecified atom stereocenters. The monoisotopic (exact) mass is 725 g/mol. The summed E-state index contributed by atoms with van der Waals surface area (Å²) < 4.78 is 11.3. The molecule has 2 N–H and O–H groups in total. The fourth-order valence-corrected chi connectivity index (χ4v) is 7.29. The Bertz CT molecular complexity index is 1740. The average Bonchev–Trinajstić information content (AvgIpc) is 3.55. The number of oxime groups is 1. The zero-order valence-corrected chi connectivity index (χ0v) is 29.0. The molecule has 2 aliphatic heterocycles. The minimum atomic E-state index is -1.06. The van der Waals surface area contributed by atoms with Gasteiger partial charge in [-0.2, -0.15) is 0 Å². The van der Waals surface area contributed by atoms with E-state index in [1.807, 2.05) is 60.7 Å². The van der Waals surface area contributed by atoms with Crippen LogP contribution in [0.15, 0.2) is 82.5 Å². The number of amides is 3. The molecule has 1 aromatic heterocycles. The van der Waals surface area contributed by atoms with Gasteiger partial charge in [-0.1, -0.05) is 65.8 Å². The molecule has 1 fully saturated rings. The van der Waals surface area contributed by atoms with Crippen LogP contribution in [0.1, 0.15) is 43.7 Å². The van der Waals surface area contributed by atoms with E-state index < -0.39 is 53.5 Å². The van der Waals surface area contributed by atoms with E-state index in [0.717, 1.165) is 22.5 Å². The number of rotatable bonds is 13.